The summed E-state index contributed by atoms with van der Waals surface area (Å²) in [6, 6.07) is 10.5. The number of nitrogens with zero attached hydrogens (tertiary/aromatic N) is 1. The average molecular weight is 244 g/mol. The van der Waals surface area contributed by atoms with Gasteiger partial charge in [-0.3, -0.25) is 0 Å². The molecule has 0 aliphatic carbocycles. The van der Waals surface area contributed by atoms with Gasteiger partial charge in [-0.05, 0) is 56.7 Å². The van der Waals surface area contributed by atoms with E-state index in [2.05, 4.69) is 48.3 Å². The molecule has 0 aromatic heterocycles. The largest absolute Gasteiger partial charge is 0.371 e. The second-order valence-corrected chi connectivity index (χ2v) is 5.92. The molecule has 0 amide bonds. The van der Waals surface area contributed by atoms with Gasteiger partial charge in [0.05, 0.1) is 0 Å². The Bertz CT molecular complexity index is 415. The third-order valence-electron chi connectivity index (χ3n) is 4.64. The van der Waals surface area contributed by atoms with Gasteiger partial charge < -0.3 is 10.2 Å². The van der Waals surface area contributed by atoms with E-state index in [-0.39, 0.29) is 0 Å². The fourth-order valence-corrected chi connectivity index (χ4v) is 3.66. The summed E-state index contributed by atoms with van der Waals surface area (Å²) in [7, 11) is 0. The smallest absolute Gasteiger partial charge is 0.0368 e. The van der Waals surface area contributed by atoms with E-state index in [1.54, 1.807) is 0 Å². The Labute approximate surface area is 110 Å². The minimum absolute atomic E-state index is 0.786. The lowest BCUT2D eigenvalue weighted by Crippen LogP contribution is -2.35. The molecular weight excluding hydrogens is 220 g/mol. The SMILES string of the molecule is CCN(CC1CC2CCC1N2)c1cccc(C)c1. The number of aryl methyl sites for hydroxylation is 1. The minimum Gasteiger partial charge on any atom is -0.371 e. The Hall–Kier alpha value is -1.02. The molecule has 2 fully saturated rings. The number of hydrogen-bond acceptors (Lipinski definition) is 2. The van der Waals surface area contributed by atoms with Crippen molar-refractivity contribution in [3.63, 3.8) is 0 Å². The van der Waals surface area contributed by atoms with Crippen molar-refractivity contribution in [2.45, 2.75) is 45.2 Å². The Balaban J connectivity index is 1.69. The minimum atomic E-state index is 0.786. The molecule has 2 saturated heterocycles. The zero-order valence-electron chi connectivity index (χ0n) is 11.5. The summed E-state index contributed by atoms with van der Waals surface area (Å²) in [6.45, 7) is 6.77. The summed E-state index contributed by atoms with van der Waals surface area (Å²) in [5.74, 6) is 0.851. The van der Waals surface area contributed by atoms with Crippen LogP contribution < -0.4 is 10.2 Å². The number of rotatable bonds is 4. The Morgan fingerprint density at radius 1 is 1.33 bits per heavy atom. The first kappa shape index (κ1) is 12.0. The molecule has 2 heteroatoms. The van der Waals surface area contributed by atoms with Crippen molar-refractivity contribution in [2.75, 3.05) is 18.0 Å². The lowest BCUT2D eigenvalue weighted by Gasteiger charge is -2.30. The van der Waals surface area contributed by atoms with Crippen LogP contribution in [-0.4, -0.2) is 25.2 Å². The predicted molar refractivity (Wildman–Crippen MR) is 77.1 cm³/mol. The third-order valence-corrected chi connectivity index (χ3v) is 4.64. The second kappa shape index (κ2) is 4.93. The highest BCUT2D eigenvalue weighted by Crippen LogP contribution is 2.34. The first-order valence-electron chi connectivity index (χ1n) is 7.34. The van der Waals surface area contributed by atoms with E-state index in [0.29, 0.717) is 0 Å². The van der Waals surface area contributed by atoms with Crippen LogP contribution in [0.15, 0.2) is 24.3 Å². The molecule has 98 valence electrons. The zero-order valence-corrected chi connectivity index (χ0v) is 11.5. The van der Waals surface area contributed by atoms with Crippen LogP contribution >= 0.6 is 0 Å². The molecule has 2 aliphatic heterocycles. The molecule has 0 spiro atoms. The Morgan fingerprint density at radius 3 is 2.83 bits per heavy atom. The van der Waals surface area contributed by atoms with Crippen molar-refractivity contribution in [2.24, 2.45) is 5.92 Å². The van der Waals surface area contributed by atoms with Crippen molar-refractivity contribution in [3.05, 3.63) is 29.8 Å². The molecule has 1 N–H and O–H groups in total. The summed E-state index contributed by atoms with van der Waals surface area (Å²) in [5.41, 5.74) is 2.75. The Kier molecular flexibility index (Phi) is 3.29. The maximum Gasteiger partial charge on any atom is 0.0368 e. The zero-order chi connectivity index (χ0) is 12.5. The van der Waals surface area contributed by atoms with Gasteiger partial charge >= 0.3 is 0 Å². The van der Waals surface area contributed by atoms with Crippen molar-refractivity contribution < 1.29 is 0 Å². The fourth-order valence-electron chi connectivity index (χ4n) is 3.66. The number of anilines is 1. The summed E-state index contributed by atoms with van der Waals surface area (Å²) >= 11 is 0. The molecule has 2 bridgehead atoms. The standard InChI is InChI=1S/C16H24N2/c1-3-18(15-6-4-5-12(2)9-15)11-13-10-14-7-8-16(13)17-14/h4-6,9,13-14,16-17H,3,7-8,10-11H2,1-2H3. The van der Waals surface area contributed by atoms with E-state index in [0.717, 1.165) is 24.5 Å². The van der Waals surface area contributed by atoms with Crippen molar-refractivity contribution in [1.29, 1.82) is 0 Å². The predicted octanol–water partition coefficient (Wildman–Crippen LogP) is 2.96. The number of fused-ring (bicyclic) bond motifs is 2. The van der Waals surface area contributed by atoms with E-state index in [4.69, 9.17) is 0 Å². The van der Waals surface area contributed by atoms with E-state index in [9.17, 15) is 0 Å². The average Bonchev–Trinajstić information content (AvgIpc) is 2.98. The normalized spacial score (nSPS) is 29.8. The molecule has 2 nitrogen and oxygen atoms in total. The van der Waals surface area contributed by atoms with Crippen LogP contribution in [0.2, 0.25) is 0 Å². The highest BCUT2D eigenvalue weighted by molar-refractivity contribution is 5.48. The van der Waals surface area contributed by atoms with Gasteiger partial charge in [-0.1, -0.05) is 12.1 Å². The summed E-state index contributed by atoms with van der Waals surface area (Å²) in [4.78, 5) is 2.54. The van der Waals surface area contributed by atoms with Gasteiger partial charge in [-0.2, -0.15) is 0 Å². The molecule has 1 aromatic rings. The number of benzene rings is 1. The maximum atomic E-state index is 3.74. The fraction of sp³-hybridized carbons (Fsp3) is 0.625. The summed E-state index contributed by atoms with van der Waals surface area (Å²) < 4.78 is 0. The lowest BCUT2D eigenvalue weighted by molar-refractivity contribution is 0.405. The van der Waals surface area contributed by atoms with Gasteiger partial charge in [0.1, 0.15) is 0 Å². The van der Waals surface area contributed by atoms with Crippen LogP contribution in [0.5, 0.6) is 0 Å². The van der Waals surface area contributed by atoms with Crippen molar-refractivity contribution >= 4 is 5.69 Å². The number of nitrogens with one attached hydrogen (secondary N) is 1. The molecular formula is C16H24N2. The molecule has 2 aliphatic rings. The van der Waals surface area contributed by atoms with Crippen LogP contribution in [0.4, 0.5) is 5.69 Å². The van der Waals surface area contributed by atoms with Gasteiger partial charge in [-0.15, -0.1) is 0 Å². The van der Waals surface area contributed by atoms with Crippen LogP contribution in [0.25, 0.3) is 0 Å². The summed E-state index contributed by atoms with van der Waals surface area (Å²) in [6.07, 6.45) is 4.17. The molecule has 3 unspecified atom stereocenters. The van der Waals surface area contributed by atoms with Gasteiger partial charge in [-0.25, -0.2) is 0 Å². The van der Waals surface area contributed by atoms with E-state index < -0.39 is 0 Å². The molecule has 3 atom stereocenters. The highest BCUT2D eigenvalue weighted by Gasteiger charge is 2.39. The summed E-state index contributed by atoms with van der Waals surface area (Å²) in [5, 5.41) is 3.74. The molecule has 18 heavy (non-hydrogen) atoms. The monoisotopic (exact) mass is 244 g/mol. The van der Waals surface area contributed by atoms with E-state index in [1.165, 1.54) is 37.1 Å². The van der Waals surface area contributed by atoms with Crippen molar-refractivity contribution in [3.8, 4) is 0 Å². The van der Waals surface area contributed by atoms with Crippen LogP contribution in [-0.2, 0) is 0 Å². The van der Waals surface area contributed by atoms with E-state index >= 15 is 0 Å². The topological polar surface area (TPSA) is 15.3 Å². The molecule has 3 rings (SSSR count). The van der Waals surface area contributed by atoms with E-state index in [1.807, 2.05) is 0 Å². The molecule has 0 saturated carbocycles. The van der Waals surface area contributed by atoms with Gasteiger partial charge in [0.2, 0.25) is 0 Å². The first-order chi connectivity index (χ1) is 8.76. The number of hydrogen-bond donors (Lipinski definition) is 1. The lowest BCUT2D eigenvalue weighted by atomic mass is 9.88. The molecule has 2 heterocycles. The molecule has 0 radical (unpaired) electrons. The van der Waals surface area contributed by atoms with Crippen LogP contribution in [0, 0.1) is 12.8 Å². The second-order valence-electron chi connectivity index (χ2n) is 5.92. The third kappa shape index (κ3) is 2.26. The van der Waals surface area contributed by atoms with Crippen LogP contribution in [0.3, 0.4) is 0 Å². The highest BCUT2D eigenvalue weighted by atomic mass is 15.1. The van der Waals surface area contributed by atoms with Gasteiger partial charge in [0.15, 0.2) is 0 Å². The van der Waals surface area contributed by atoms with Gasteiger partial charge in [0.25, 0.3) is 0 Å². The first-order valence-corrected chi connectivity index (χ1v) is 7.34. The van der Waals surface area contributed by atoms with Crippen molar-refractivity contribution in [1.82, 2.24) is 5.32 Å². The Morgan fingerprint density at radius 2 is 2.22 bits per heavy atom. The van der Waals surface area contributed by atoms with Gasteiger partial charge in [0, 0.05) is 30.9 Å². The quantitative estimate of drug-likeness (QED) is 0.876. The maximum absolute atomic E-state index is 3.74. The van der Waals surface area contributed by atoms with Crippen LogP contribution in [0.1, 0.15) is 31.7 Å². The molecule has 1 aromatic carbocycles.